The van der Waals surface area contributed by atoms with Gasteiger partial charge in [-0.25, -0.2) is 0 Å². The van der Waals surface area contributed by atoms with Crippen LogP contribution in [-0.4, -0.2) is 27.9 Å². The number of hydrogen-bond acceptors (Lipinski definition) is 4. The van der Waals surface area contributed by atoms with E-state index in [2.05, 4.69) is 19.0 Å². The maximum atomic E-state index is 10.8. The second-order valence-electron chi connectivity index (χ2n) is 6.88. The van der Waals surface area contributed by atoms with Gasteiger partial charge in [-0.15, -0.1) is 0 Å². The number of hydrogen-bond donors (Lipinski definition) is 2. The quantitative estimate of drug-likeness (QED) is 0.162. The van der Waals surface area contributed by atoms with Gasteiger partial charge in [0.1, 0.15) is 5.71 Å². The molecule has 25 heavy (non-hydrogen) atoms. The molecule has 0 aliphatic rings. The third-order valence-corrected chi connectivity index (χ3v) is 4.47. The Morgan fingerprint density at radius 3 is 2.24 bits per heavy atom. The average Bonchev–Trinajstić information content (AvgIpc) is 2.59. The minimum absolute atomic E-state index is 0.0355. The molecule has 0 heterocycles. The molecule has 0 amide bonds. The molecule has 0 aliphatic heterocycles. The summed E-state index contributed by atoms with van der Waals surface area (Å²) in [4.78, 5) is 0. The Labute approximate surface area is 152 Å². The van der Waals surface area contributed by atoms with Gasteiger partial charge in [0.15, 0.2) is 0 Å². The minimum Gasteiger partial charge on any atom is -0.410 e. The van der Waals surface area contributed by atoms with Gasteiger partial charge in [0.2, 0.25) is 5.79 Å². The first-order valence-electron chi connectivity index (χ1n) is 9.73. The van der Waals surface area contributed by atoms with Crippen molar-refractivity contribution in [3.05, 3.63) is 35.9 Å². The Morgan fingerprint density at radius 2 is 1.64 bits per heavy atom. The SMILES string of the molecule is CCCCCCCCC(CCC)OC(C)(O)C(=NO)c1ccccc1. The predicted molar refractivity (Wildman–Crippen MR) is 103 cm³/mol. The highest BCUT2D eigenvalue weighted by Gasteiger charge is 2.33. The summed E-state index contributed by atoms with van der Waals surface area (Å²) in [6.45, 7) is 5.89. The van der Waals surface area contributed by atoms with Crippen molar-refractivity contribution in [3.8, 4) is 0 Å². The molecule has 0 aliphatic carbocycles. The van der Waals surface area contributed by atoms with Crippen molar-refractivity contribution in [2.75, 3.05) is 0 Å². The molecule has 2 unspecified atom stereocenters. The van der Waals surface area contributed by atoms with Gasteiger partial charge in [-0.2, -0.15) is 0 Å². The molecular formula is C21H35NO3. The van der Waals surface area contributed by atoms with Crippen LogP contribution in [0.25, 0.3) is 0 Å². The molecule has 0 aromatic heterocycles. The van der Waals surface area contributed by atoms with E-state index in [1.165, 1.54) is 32.1 Å². The molecule has 4 heteroatoms. The van der Waals surface area contributed by atoms with Gasteiger partial charge >= 0.3 is 0 Å². The normalized spacial score (nSPS) is 15.8. The predicted octanol–water partition coefficient (Wildman–Crippen LogP) is 5.51. The van der Waals surface area contributed by atoms with Crippen LogP contribution in [0.4, 0.5) is 0 Å². The lowest BCUT2D eigenvalue weighted by Gasteiger charge is -2.30. The number of rotatable bonds is 13. The summed E-state index contributed by atoms with van der Waals surface area (Å²) in [6.07, 6.45) is 10.2. The molecule has 2 atom stereocenters. The third-order valence-electron chi connectivity index (χ3n) is 4.47. The number of benzene rings is 1. The van der Waals surface area contributed by atoms with Crippen molar-refractivity contribution in [2.24, 2.45) is 5.16 Å². The lowest BCUT2D eigenvalue weighted by atomic mass is 10.0. The zero-order valence-electron chi connectivity index (χ0n) is 16.1. The number of aliphatic hydroxyl groups is 1. The van der Waals surface area contributed by atoms with E-state index in [1.54, 1.807) is 19.1 Å². The Bertz CT molecular complexity index is 485. The Kier molecular flexibility index (Phi) is 10.4. The zero-order valence-corrected chi connectivity index (χ0v) is 16.1. The molecule has 1 aromatic rings. The third kappa shape index (κ3) is 8.02. The van der Waals surface area contributed by atoms with Crippen molar-refractivity contribution in [3.63, 3.8) is 0 Å². The van der Waals surface area contributed by atoms with Crippen molar-refractivity contribution in [1.82, 2.24) is 0 Å². The molecule has 1 rings (SSSR count). The van der Waals surface area contributed by atoms with Crippen molar-refractivity contribution >= 4 is 5.71 Å². The molecule has 142 valence electrons. The first-order chi connectivity index (χ1) is 12.0. The standard InChI is InChI=1S/C21H35NO3/c1-4-6-7-8-9-13-17-19(14-5-2)25-21(3,23)20(22-24)18-15-11-10-12-16-18/h10-12,15-16,19,23-24H,4-9,13-14,17H2,1-3H3. The topological polar surface area (TPSA) is 62.0 Å². The summed E-state index contributed by atoms with van der Waals surface area (Å²) in [5.74, 6) is -1.61. The summed E-state index contributed by atoms with van der Waals surface area (Å²) >= 11 is 0. The molecule has 0 radical (unpaired) electrons. The summed E-state index contributed by atoms with van der Waals surface area (Å²) in [5, 5.41) is 23.5. The lowest BCUT2D eigenvalue weighted by Crippen LogP contribution is -2.42. The number of nitrogens with zero attached hydrogens (tertiary/aromatic N) is 1. The Balaban J connectivity index is 2.61. The largest absolute Gasteiger partial charge is 0.410 e. The second kappa shape index (κ2) is 12.0. The molecule has 0 fully saturated rings. The van der Waals surface area contributed by atoms with Crippen LogP contribution in [0.5, 0.6) is 0 Å². The molecule has 0 spiro atoms. The van der Waals surface area contributed by atoms with Crippen LogP contribution in [0, 0.1) is 0 Å². The summed E-state index contributed by atoms with van der Waals surface area (Å²) < 4.78 is 5.98. The van der Waals surface area contributed by atoms with Crippen LogP contribution >= 0.6 is 0 Å². The van der Waals surface area contributed by atoms with Crippen LogP contribution in [0.2, 0.25) is 0 Å². The minimum atomic E-state index is -1.61. The van der Waals surface area contributed by atoms with Gasteiger partial charge in [-0.1, -0.05) is 94.3 Å². The van der Waals surface area contributed by atoms with E-state index >= 15 is 0 Å². The highest BCUT2D eigenvalue weighted by Crippen LogP contribution is 2.23. The molecule has 0 saturated carbocycles. The van der Waals surface area contributed by atoms with Gasteiger partial charge in [-0.3, -0.25) is 0 Å². The van der Waals surface area contributed by atoms with Crippen LogP contribution in [0.3, 0.4) is 0 Å². The fraction of sp³-hybridized carbons (Fsp3) is 0.667. The van der Waals surface area contributed by atoms with E-state index < -0.39 is 5.79 Å². The summed E-state index contributed by atoms with van der Waals surface area (Å²) in [7, 11) is 0. The van der Waals surface area contributed by atoms with Gasteiger partial charge in [0, 0.05) is 5.56 Å². The number of ether oxygens (including phenoxy) is 1. The lowest BCUT2D eigenvalue weighted by molar-refractivity contribution is -0.173. The first kappa shape index (κ1) is 21.7. The number of oxime groups is 1. The van der Waals surface area contributed by atoms with Crippen molar-refractivity contribution in [1.29, 1.82) is 0 Å². The number of unbranched alkanes of at least 4 members (excludes halogenated alkanes) is 5. The van der Waals surface area contributed by atoms with Gasteiger partial charge in [0.25, 0.3) is 0 Å². The van der Waals surface area contributed by atoms with E-state index in [0.717, 1.165) is 25.7 Å². The molecule has 0 saturated heterocycles. The van der Waals surface area contributed by atoms with Gasteiger partial charge in [-0.05, 0) is 19.8 Å². The second-order valence-corrected chi connectivity index (χ2v) is 6.88. The van der Waals surface area contributed by atoms with Crippen LogP contribution in [-0.2, 0) is 4.74 Å². The van der Waals surface area contributed by atoms with Gasteiger partial charge in [0.05, 0.1) is 6.10 Å². The molecule has 4 nitrogen and oxygen atoms in total. The fourth-order valence-electron chi connectivity index (χ4n) is 3.13. The smallest absolute Gasteiger partial charge is 0.211 e. The van der Waals surface area contributed by atoms with Crippen molar-refractivity contribution in [2.45, 2.75) is 90.4 Å². The van der Waals surface area contributed by atoms with E-state index in [0.29, 0.717) is 5.56 Å². The molecule has 2 N–H and O–H groups in total. The average molecular weight is 350 g/mol. The highest BCUT2D eigenvalue weighted by atomic mass is 16.6. The Morgan fingerprint density at radius 1 is 1.00 bits per heavy atom. The highest BCUT2D eigenvalue weighted by molar-refractivity contribution is 6.04. The van der Waals surface area contributed by atoms with Crippen LogP contribution in [0.15, 0.2) is 35.5 Å². The van der Waals surface area contributed by atoms with Crippen molar-refractivity contribution < 1.29 is 15.1 Å². The zero-order chi connectivity index (χ0) is 18.5. The maximum absolute atomic E-state index is 10.8. The fourth-order valence-corrected chi connectivity index (χ4v) is 3.13. The maximum Gasteiger partial charge on any atom is 0.211 e. The van der Waals surface area contributed by atoms with E-state index in [-0.39, 0.29) is 11.8 Å². The summed E-state index contributed by atoms with van der Waals surface area (Å²) in [5.41, 5.74) is 0.807. The molecule has 1 aromatic carbocycles. The molecule has 0 bridgehead atoms. The van der Waals surface area contributed by atoms with Crippen LogP contribution in [0.1, 0.15) is 84.1 Å². The van der Waals surface area contributed by atoms with E-state index in [9.17, 15) is 10.3 Å². The van der Waals surface area contributed by atoms with E-state index in [4.69, 9.17) is 4.74 Å². The van der Waals surface area contributed by atoms with Crippen LogP contribution < -0.4 is 0 Å². The Hall–Kier alpha value is -1.39. The monoisotopic (exact) mass is 349 g/mol. The first-order valence-corrected chi connectivity index (χ1v) is 9.73. The van der Waals surface area contributed by atoms with Gasteiger partial charge < -0.3 is 15.1 Å². The molecular weight excluding hydrogens is 314 g/mol. The summed E-state index contributed by atoms with van der Waals surface area (Å²) in [6, 6.07) is 9.17. The van der Waals surface area contributed by atoms with E-state index in [1.807, 2.05) is 18.2 Å².